The van der Waals surface area contributed by atoms with Crippen molar-refractivity contribution >= 4 is 40.6 Å². The molecule has 2 aromatic rings. The Morgan fingerprint density at radius 3 is 2.41 bits per heavy atom. The SMILES string of the molecule is COCCCN(C(=O)c1cc(Cl)cc(Cl)c1)c1c(N)n(CC(C)C)c(=O)[nH]c1=O. The molecule has 0 unspecified atom stereocenters. The summed E-state index contributed by atoms with van der Waals surface area (Å²) < 4.78 is 6.31. The first-order valence-electron chi connectivity index (χ1n) is 9.05. The van der Waals surface area contributed by atoms with Crippen LogP contribution in [0, 0.1) is 5.92 Å². The number of benzene rings is 1. The number of H-pyrrole nitrogens is 1. The Kier molecular flexibility index (Phi) is 7.89. The molecule has 0 aliphatic carbocycles. The number of amides is 1. The molecule has 8 nitrogen and oxygen atoms in total. The average molecular weight is 443 g/mol. The molecule has 0 aliphatic heterocycles. The summed E-state index contributed by atoms with van der Waals surface area (Å²) >= 11 is 12.0. The molecule has 0 saturated carbocycles. The minimum absolute atomic E-state index is 0.0775. The fourth-order valence-corrected chi connectivity index (χ4v) is 3.43. The summed E-state index contributed by atoms with van der Waals surface area (Å²) in [7, 11) is 1.53. The number of carbonyl (C=O) groups excluding carboxylic acids is 1. The maximum Gasteiger partial charge on any atom is 0.330 e. The number of nitrogens with zero attached hydrogens (tertiary/aromatic N) is 2. The molecule has 0 spiro atoms. The van der Waals surface area contributed by atoms with Crippen LogP contribution in [0.3, 0.4) is 0 Å². The van der Waals surface area contributed by atoms with Crippen LogP contribution in [-0.2, 0) is 11.3 Å². The third-order valence-corrected chi connectivity index (χ3v) is 4.55. The van der Waals surface area contributed by atoms with Crippen LogP contribution in [0.1, 0.15) is 30.6 Å². The zero-order valence-electron chi connectivity index (χ0n) is 16.5. The molecule has 0 fully saturated rings. The number of hydrogen-bond acceptors (Lipinski definition) is 5. The summed E-state index contributed by atoms with van der Waals surface area (Å²) in [6, 6.07) is 4.40. The highest BCUT2D eigenvalue weighted by Gasteiger charge is 2.25. The van der Waals surface area contributed by atoms with Crippen LogP contribution < -0.4 is 21.9 Å². The first-order valence-corrected chi connectivity index (χ1v) is 9.80. The Morgan fingerprint density at radius 1 is 1.24 bits per heavy atom. The van der Waals surface area contributed by atoms with Gasteiger partial charge in [-0.3, -0.25) is 19.1 Å². The number of carbonyl (C=O) groups is 1. The lowest BCUT2D eigenvalue weighted by Crippen LogP contribution is -2.42. The van der Waals surface area contributed by atoms with E-state index in [9.17, 15) is 14.4 Å². The second kappa shape index (κ2) is 9.96. The molecule has 2 rings (SSSR count). The molecule has 10 heteroatoms. The van der Waals surface area contributed by atoms with Gasteiger partial charge in [-0.2, -0.15) is 0 Å². The molecular formula is C19H24Cl2N4O4. The summed E-state index contributed by atoms with van der Waals surface area (Å²) in [6.45, 7) is 4.61. The Balaban J connectivity index is 2.62. The van der Waals surface area contributed by atoms with E-state index in [-0.39, 0.29) is 46.1 Å². The summed E-state index contributed by atoms with van der Waals surface area (Å²) in [4.78, 5) is 41.6. The molecule has 0 aliphatic rings. The van der Waals surface area contributed by atoms with E-state index in [1.54, 1.807) is 0 Å². The van der Waals surface area contributed by atoms with Gasteiger partial charge in [-0.1, -0.05) is 37.0 Å². The van der Waals surface area contributed by atoms with Gasteiger partial charge in [-0.15, -0.1) is 0 Å². The fraction of sp³-hybridized carbons (Fsp3) is 0.421. The molecule has 0 saturated heterocycles. The lowest BCUT2D eigenvalue weighted by Gasteiger charge is -2.25. The molecular weight excluding hydrogens is 419 g/mol. The van der Waals surface area contributed by atoms with Gasteiger partial charge in [0.2, 0.25) is 0 Å². The number of ether oxygens (including phenoxy) is 1. The number of halogens is 2. The highest BCUT2D eigenvalue weighted by Crippen LogP contribution is 2.24. The summed E-state index contributed by atoms with van der Waals surface area (Å²) in [6.07, 6.45) is 0.443. The Morgan fingerprint density at radius 2 is 1.86 bits per heavy atom. The number of methoxy groups -OCH3 is 1. The zero-order valence-corrected chi connectivity index (χ0v) is 18.0. The molecule has 29 heavy (non-hydrogen) atoms. The largest absolute Gasteiger partial charge is 0.385 e. The topological polar surface area (TPSA) is 110 Å². The number of nitrogen functional groups attached to an aromatic ring is 1. The molecule has 3 N–H and O–H groups in total. The Hall–Kier alpha value is -2.29. The van der Waals surface area contributed by atoms with Crippen LogP contribution in [0.5, 0.6) is 0 Å². The van der Waals surface area contributed by atoms with E-state index in [2.05, 4.69) is 4.98 Å². The summed E-state index contributed by atoms with van der Waals surface area (Å²) in [5.74, 6) is -0.498. The summed E-state index contributed by atoms with van der Waals surface area (Å²) in [5, 5.41) is 0.564. The monoisotopic (exact) mass is 442 g/mol. The van der Waals surface area contributed by atoms with E-state index in [0.717, 1.165) is 0 Å². The quantitative estimate of drug-likeness (QED) is 0.610. The van der Waals surface area contributed by atoms with Gasteiger partial charge in [0.1, 0.15) is 5.82 Å². The number of hydrogen-bond donors (Lipinski definition) is 2. The number of nitrogens with two attached hydrogens (primary N) is 1. The molecule has 0 radical (unpaired) electrons. The van der Waals surface area contributed by atoms with E-state index in [1.165, 1.54) is 34.8 Å². The van der Waals surface area contributed by atoms with Gasteiger partial charge in [0.05, 0.1) is 0 Å². The van der Waals surface area contributed by atoms with Crippen LogP contribution in [0.15, 0.2) is 27.8 Å². The van der Waals surface area contributed by atoms with Crippen molar-refractivity contribution in [3.63, 3.8) is 0 Å². The van der Waals surface area contributed by atoms with Crippen LogP contribution in [0.4, 0.5) is 11.5 Å². The average Bonchev–Trinajstić information content (AvgIpc) is 2.62. The first kappa shape index (κ1) is 23.0. The Bertz CT molecular complexity index is 980. The van der Waals surface area contributed by atoms with Crippen molar-refractivity contribution in [2.24, 2.45) is 5.92 Å². The van der Waals surface area contributed by atoms with E-state index in [1.807, 2.05) is 13.8 Å². The van der Waals surface area contributed by atoms with Crippen molar-refractivity contribution in [1.82, 2.24) is 9.55 Å². The summed E-state index contributed by atoms with van der Waals surface area (Å²) in [5.41, 5.74) is 4.91. The van der Waals surface area contributed by atoms with Gasteiger partial charge in [-0.05, 0) is 30.5 Å². The number of aromatic amines is 1. The van der Waals surface area contributed by atoms with E-state index in [4.69, 9.17) is 33.7 Å². The van der Waals surface area contributed by atoms with Crippen molar-refractivity contribution in [2.75, 3.05) is 30.9 Å². The highest BCUT2D eigenvalue weighted by atomic mass is 35.5. The zero-order chi connectivity index (χ0) is 21.7. The molecule has 0 bridgehead atoms. The number of anilines is 2. The van der Waals surface area contributed by atoms with Crippen LogP contribution in [0.2, 0.25) is 10.0 Å². The highest BCUT2D eigenvalue weighted by molar-refractivity contribution is 6.35. The maximum absolute atomic E-state index is 13.2. The van der Waals surface area contributed by atoms with Crippen LogP contribution >= 0.6 is 23.2 Å². The smallest absolute Gasteiger partial charge is 0.330 e. The van der Waals surface area contributed by atoms with Crippen molar-refractivity contribution in [3.05, 3.63) is 54.6 Å². The number of aromatic nitrogens is 2. The molecule has 0 atom stereocenters. The first-order chi connectivity index (χ1) is 13.6. The van der Waals surface area contributed by atoms with E-state index >= 15 is 0 Å². The third-order valence-electron chi connectivity index (χ3n) is 4.12. The van der Waals surface area contributed by atoms with Gasteiger partial charge in [-0.25, -0.2) is 4.79 Å². The lowest BCUT2D eigenvalue weighted by atomic mass is 10.1. The molecule has 1 aromatic carbocycles. The Labute approximate surface area is 178 Å². The third kappa shape index (κ3) is 5.62. The van der Waals surface area contributed by atoms with Gasteiger partial charge < -0.3 is 15.4 Å². The van der Waals surface area contributed by atoms with Crippen molar-refractivity contribution in [2.45, 2.75) is 26.8 Å². The fourth-order valence-electron chi connectivity index (χ4n) is 2.90. The predicted molar refractivity (Wildman–Crippen MR) is 115 cm³/mol. The molecule has 1 amide bonds. The normalized spacial score (nSPS) is 11.1. The standard InChI is InChI=1S/C19H24Cl2N4O4/c1-11(2)10-25-16(22)15(17(26)23-19(25)28)24(5-4-6-29-3)18(27)12-7-13(20)9-14(21)8-12/h7-9,11H,4-6,10,22H2,1-3H3,(H,23,26,28). The minimum atomic E-state index is -0.744. The van der Waals surface area contributed by atoms with E-state index < -0.39 is 17.2 Å². The van der Waals surface area contributed by atoms with Crippen LogP contribution in [-0.4, -0.2) is 35.7 Å². The second-order valence-electron chi connectivity index (χ2n) is 6.96. The van der Waals surface area contributed by atoms with Gasteiger partial charge in [0, 0.05) is 42.4 Å². The lowest BCUT2D eigenvalue weighted by molar-refractivity contribution is 0.0983. The minimum Gasteiger partial charge on any atom is -0.385 e. The maximum atomic E-state index is 13.2. The van der Waals surface area contributed by atoms with Crippen molar-refractivity contribution < 1.29 is 9.53 Å². The van der Waals surface area contributed by atoms with Gasteiger partial charge >= 0.3 is 5.69 Å². The second-order valence-corrected chi connectivity index (χ2v) is 7.83. The van der Waals surface area contributed by atoms with Crippen molar-refractivity contribution in [3.8, 4) is 0 Å². The van der Waals surface area contributed by atoms with Gasteiger partial charge in [0.25, 0.3) is 11.5 Å². The predicted octanol–water partition coefficient (Wildman–Crippen LogP) is 2.76. The van der Waals surface area contributed by atoms with Crippen molar-refractivity contribution in [1.29, 1.82) is 0 Å². The number of rotatable bonds is 8. The molecule has 1 heterocycles. The number of nitrogens with one attached hydrogen (secondary N) is 1. The molecule has 1 aromatic heterocycles. The van der Waals surface area contributed by atoms with E-state index in [0.29, 0.717) is 13.0 Å². The van der Waals surface area contributed by atoms with Crippen LogP contribution in [0.25, 0.3) is 0 Å². The molecule has 158 valence electrons. The van der Waals surface area contributed by atoms with Gasteiger partial charge in [0.15, 0.2) is 5.69 Å².